The van der Waals surface area contributed by atoms with E-state index in [0.717, 1.165) is 16.9 Å². The summed E-state index contributed by atoms with van der Waals surface area (Å²) in [6, 6.07) is 13.5. The van der Waals surface area contributed by atoms with Gasteiger partial charge in [-0.1, -0.05) is 24.6 Å². The summed E-state index contributed by atoms with van der Waals surface area (Å²) in [5, 5.41) is 25.5. The Balaban J connectivity index is 1.48. The average molecular weight is 463 g/mol. The standard InChI is InChI=1S/C26H27ClN4O2/c1-3-26(33)12-10-25(17-28,11-13-26)24-9-4-19(15-29-24)14-23(32)22-16-30-31(18(22)2)21-7-5-20(27)6-8-21/h4-9,15-16,33H,3,10-14H2,1-2H3. The Labute approximate surface area is 198 Å². The maximum absolute atomic E-state index is 13.0. The van der Waals surface area contributed by atoms with Gasteiger partial charge in [-0.15, -0.1) is 0 Å². The van der Waals surface area contributed by atoms with Gasteiger partial charge in [-0.3, -0.25) is 9.78 Å². The smallest absolute Gasteiger partial charge is 0.170 e. The number of halogens is 1. The molecule has 0 aliphatic heterocycles. The van der Waals surface area contributed by atoms with Crippen molar-refractivity contribution in [3.63, 3.8) is 0 Å². The number of pyridine rings is 1. The van der Waals surface area contributed by atoms with Crippen molar-refractivity contribution >= 4 is 17.4 Å². The van der Waals surface area contributed by atoms with Crippen LogP contribution in [0.3, 0.4) is 0 Å². The normalized spacial score (nSPS) is 22.6. The van der Waals surface area contributed by atoms with Gasteiger partial charge in [0.05, 0.1) is 45.9 Å². The van der Waals surface area contributed by atoms with E-state index in [2.05, 4.69) is 16.2 Å². The first-order valence-corrected chi connectivity index (χ1v) is 11.6. The third kappa shape index (κ3) is 4.57. The number of benzene rings is 1. The zero-order valence-electron chi connectivity index (χ0n) is 18.9. The molecule has 0 atom stereocenters. The van der Waals surface area contributed by atoms with Crippen LogP contribution >= 0.6 is 11.6 Å². The first-order valence-electron chi connectivity index (χ1n) is 11.2. The summed E-state index contributed by atoms with van der Waals surface area (Å²) >= 11 is 5.96. The van der Waals surface area contributed by atoms with Crippen LogP contribution in [0.4, 0.5) is 0 Å². The van der Waals surface area contributed by atoms with Gasteiger partial charge < -0.3 is 5.11 Å². The van der Waals surface area contributed by atoms with Gasteiger partial charge in [0, 0.05) is 17.6 Å². The van der Waals surface area contributed by atoms with Gasteiger partial charge in [0.25, 0.3) is 0 Å². The van der Waals surface area contributed by atoms with Crippen molar-refractivity contribution in [3.05, 3.63) is 76.3 Å². The molecule has 0 saturated heterocycles. The zero-order valence-corrected chi connectivity index (χ0v) is 19.6. The van der Waals surface area contributed by atoms with E-state index in [0.29, 0.717) is 48.4 Å². The molecule has 1 aliphatic carbocycles. The molecule has 33 heavy (non-hydrogen) atoms. The van der Waals surface area contributed by atoms with Gasteiger partial charge >= 0.3 is 0 Å². The Morgan fingerprint density at radius 3 is 2.42 bits per heavy atom. The molecule has 0 amide bonds. The number of Topliss-reactive ketones (excluding diaryl/α,β-unsaturated/α-hetero) is 1. The number of nitrogens with zero attached hydrogens (tertiary/aromatic N) is 4. The number of aromatic nitrogens is 3. The number of hydrogen-bond acceptors (Lipinski definition) is 5. The van der Waals surface area contributed by atoms with Crippen molar-refractivity contribution < 1.29 is 9.90 Å². The fourth-order valence-corrected chi connectivity index (χ4v) is 4.67. The summed E-state index contributed by atoms with van der Waals surface area (Å²) in [5.41, 5.74) is 2.31. The van der Waals surface area contributed by atoms with Crippen molar-refractivity contribution in [1.82, 2.24) is 14.8 Å². The highest BCUT2D eigenvalue weighted by atomic mass is 35.5. The average Bonchev–Trinajstić information content (AvgIpc) is 3.22. The van der Waals surface area contributed by atoms with E-state index >= 15 is 0 Å². The van der Waals surface area contributed by atoms with E-state index < -0.39 is 11.0 Å². The number of rotatable bonds is 6. The first kappa shape index (κ1) is 23.2. The van der Waals surface area contributed by atoms with E-state index in [1.54, 1.807) is 29.2 Å². The molecule has 1 N–H and O–H groups in total. The van der Waals surface area contributed by atoms with Crippen molar-refractivity contribution in [2.75, 3.05) is 0 Å². The molecule has 7 heteroatoms. The predicted molar refractivity (Wildman–Crippen MR) is 127 cm³/mol. The topological polar surface area (TPSA) is 91.8 Å². The molecule has 170 valence electrons. The quantitative estimate of drug-likeness (QED) is 0.512. The summed E-state index contributed by atoms with van der Waals surface area (Å²) in [5.74, 6) is -0.0389. The molecule has 0 unspecified atom stereocenters. The minimum atomic E-state index is -0.680. The minimum Gasteiger partial charge on any atom is -0.390 e. The summed E-state index contributed by atoms with van der Waals surface area (Å²) in [4.78, 5) is 17.5. The number of nitriles is 1. The van der Waals surface area contributed by atoms with E-state index in [4.69, 9.17) is 11.6 Å². The monoisotopic (exact) mass is 462 g/mol. The lowest BCUT2D eigenvalue weighted by atomic mass is 9.67. The molecule has 1 aromatic carbocycles. The first-order chi connectivity index (χ1) is 15.8. The lowest BCUT2D eigenvalue weighted by Gasteiger charge is -2.39. The van der Waals surface area contributed by atoms with Crippen LogP contribution in [0.25, 0.3) is 5.69 Å². The van der Waals surface area contributed by atoms with Crippen molar-refractivity contribution in [2.24, 2.45) is 0 Å². The molecule has 2 heterocycles. The molecular formula is C26H27ClN4O2. The van der Waals surface area contributed by atoms with Crippen molar-refractivity contribution in [1.29, 1.82) is 5.26 Å². The van der Waals surface area contributed by atoms with Gasteiger partial charge in [0.1, 0.15) is 0 Å². The Morgan fingerprint density at radius 1 is 1.15 bits per heavy atom. The summed E-state index contributed by atoms with van der Waals surface area (Å²) in [6.07, 6.45) is 6.53. The van der Waals surface area contributed by atoms with Crippen molar-refractivity contribution in [2.45, 2.75) is 63.4 Å². The zero-order chi connectivity index (χ0) is 23.6. The summed E-state index contributed by atoms with van der Waals surface area (Å²) in [7, 11) is 0. The van der Waals surface area contributed by atoms with Crippen LogP contribution in [0.15, 0.2) is 48.8 Å². The lowest BCUT2D eigenvalue weighted by molar-refractivity contribution is -0.0125. The van der Waals surface area contributed by atoms with Crippen LogP contribution in [0.2, 0.25) is 5.02 Å². The van der Waals surface area contributed by atoms with Gasteiger partial charge in [0.2, 0.25) is 0 Å². The molecular weight excluding hydrogens is 436 g/mol. The van der Waals surface area contributed by atoms with Crippen LogP contribution in [-0.2, 0) is 11.8 Å². The highest BCUT2D eigenvalue weighted by Gasteiger charge is 2.43. The second-order valence-corrected chi connectivity index (χ2v) is 9.39. The lowest BCUT2D eigenvalue weighted by Crippen LogP contribution is -2.40. The minimum absolute atomic E-state index is 0.0389. The molecule has 1 saturated carbocycles. The van der Waals surface area contributed by atoms with Gasteiger partial charge in [-0.05, 0) is 74.9 Å². The second-order valence-electron chi connectivity index (χ2n) is 8.96. The molecule has 6 nitrogen and oxygen atoms in total. The Hall–Kier alpha value is -3.01. The molecule has 4 rings (SSSR count). The molecule has 1 fully saturated rings. The van der Waals surface area contributed by atoms with Gasteiger partial charge in [-0.25, -0.2) is 4.68 Å². The number of carbonyl (C=O) groups is 1. The molecule has 0 bridgehead atoms. The number of carbonyl (C=O) groups excluding carboxylic acids is 1. The predicted octanol–water partition coefficient (Wildman–Crippen LogP) is 5.13. The van der Waals surface area contributed by atoms with Gasteiger partial charge in [-0.2, -0.15) is 10.4 Å². The molecule has 0 spiro atoms. The number of aliphatic hydroxyl groups is 1. The summed E-state index contributed by atoms with van der Waals surface area (Å²) in [6.45, 7) is 3.84. The third-order valence-corrected chi connectivity index (χ3v) is 7.22. The molecule has 0 radical (unpaired) electrons. The summed E-state index contributed by atoms with van der Waals surface area (Å²) < 4.78 is 1.72. The number of ketones is 1. The highest BCUT2D eigenvalue weighted by molar-refractivity contribution is 6.30. The Bertz CT molecular complexity index is 1180. The van der Waals surface area contributed by atoms with E-state index in [9.17, 15) is 15.2 Å². The van der Waals surface area contributed by atoms with Crippen LogP contribution in [0.1, 0.15) is 66.3 Å². The fraction of sp³-hybridized carbons (Fsp3) is 0.385. The molecule has 2 aromatic heterocycles. The van der Waals surface area contributed by atoms with Crippen LogP contribution < -0.4 is 0 Å². The highest BCUT2D eigenvalue weighted by Crippen LogP contribution is 2.43. The Morgan fingerprint density at radius 2 is 1.85 bits per heavy atom. The maximum Gasteiger partial charge on any atom is 0.170 e. The maximum atomic E-state index is 13.0. The fourth-order valence-electron chi connectivity index (χ4n) is 4.54. The Kier molecular flexibility index (Phi) is 6.38. The van der Waals surface area contributed by atoms with Crippen LogP contribution in [0.5, 0.6) is 0 Å². The van der Waals surface area contributed by atoms with Crippen LogP contribution in [0, 0.1) is 18.3 Å². The molecule has 3 aromatic rings. The number of hydrogen-bond donors (Lipinski definition) is 1. The van der Waals surface area contributed by atoms with Gasteiger partial charge in [0.15, 0.2) is 5.78 Å². The van der Waals surface area contributed by atoms with E-state index in [1.165, 1.54) is 0 Å². The SMILES string of the molecule is CCC1(O)CCC(C#N)(c2ccc(CC(=O)c3cnn(-c4ccc(Cl)cc4)c3C)cn2)CC1. The van der Waals surface area contributed by atoms with Crippen molar-refractivity contribution in [3.8, 4) is 11.8 Å². The van der Waals surface area contributed by atoms with Crippen LogP contribution in [-0.4, -0.2) is 31.3 Å². The largest absolute Gasteiger partial charge is 0.390 e. The second kappa shape index (κ2) is 9.09. The van der Waals surface area contributed by atoms with E-state index in [1.807, 2.05) is 38.1 Å². The van der Waals surface area contributed by atoms with E-state index in [-0.39, 0.29) is 12.2 Å². The molecule has 1 aliphatic rings. The third-order valence-electron chi connectivity index (χ3n) is 6.97.